The molecule has 2 aromatic carbocycles. The lowest BCUT2D eigenvalue weighted by Gasteiger charge is -1.96. The minimum atomic E-state index is -0.626. The number of carbonyl (C=O) groups excluding carboxylic acids is 2. The summed E-state index contributed by atoms with van der Waals surface area (Å²) in [4.78, 5) is 23.1. The van der Waals surface area contributed by atoms with E-state index < -0.39 is 11.9 Å². The van der Waals surface area contributed by atoms with Crippen molar-refractivity contribution in [1.82, 2.24) is 0 Å². The lowest BCUT2D eigenvalue weighted by Crippen LogP contribution is -1.98. The SMILES string of the molecule is Cc1cccc(C#Cc2cccc3c2C(=O)OC3=O)c1. The molecule has 3 rings (SSSR count). The maximum Gasteiger partial charge on any atom is 0.348 e. The molecule has 0 N–H and O–H groups in total. The van der Waals surface area contributed by atoms with E-state index in [1.54, 1.807) is 18.2 Å². The molecule has 20 heavy (non-hydrogen) atoms. The van der Waals surface area contributed by atoms with Gasteiger partial charge in [-0.15, -0.1) is 0 Å². The first-order valence-corrected chi connectivity index (χ1v) is 6.13. The van der Waals surface area contributed by atoms with Crippen LogP contribution in [0.5, 0.6) is 0 Å². The summed E-state index contributed by atoms with van der Waals surface area (Å²) < 4.78 is 4.60. The van der Waals surface area contributed by atoms with Crippen LogP contribution < -0.4 is 0 Å². The predicted molar refractivity (Wildman–Crippen MR) is 73.3 cm³/mol. The van der Waals surface area contributed by atoms with Gasteiger partial charge >= 0.3 is 11.9 Å². The molecule has 0 fully saturated rings. The molecule has 1 aliphatic rings. The topological polar surface area (TPSA) is 43.4 Å². The van der Waals surface area contributed by atoms with Crippen molar-refractivity contribution in [3.63, 3.8) is 0 Å². The zero-order valence-electron chi connectivity index (χ0n) is 10.8. The number of esters is 2. The van der Waals surface area contributed by atoms with Gasteiger partial charge < -0.3 is 4.74 Å². The molecule has 0 aliphatic carbocycles. The minimum absolute atomic E-state index is 0.262. The van der Waals surface area contributed by atoms with E-state index in [4.69, 9.17) is 0 Å². The molecule has 3 nitrogen and oxygen atoms in total. The van der Waals surface area contributed by atoms with Gasteiger partial charge in [0.15, 0.2) is 0 Å². The van der Waals surface area contributed by atoms with E-state index in [1.165, 1.54) is 0 Å². The minimum Gasteiger partial charge on any atom is -0.386 e. The van der Waals surface area contributed by atoms with E-state index >= 15 is 0 Å². The smallest absolute Gasteiger partial charge is 0.348 e. The first-order chi connectivity index (χ1) is 9.65. The highest BCUT2D eigenvalue weighted by Crippen LogP contribution is 2.23. The van der Waals surface area contributed by atoms with Crippen molar-refractivity contribution in [2.45, 2.75) is 6.92 Å². The van der Waals surface area contributed by atoms with E-state index in [-0.39, 0.29) is 11.1 Å². The second-order valence-electron chi connectivity index (χ2n) is 4.52. The average molecular weight is 262 g/mol. The number of cyclic esters (lactones) is 2. The normalized spacial score (nSPS) is 12.4. The molecule has 0 saturated carbocycles. The Morgan fingerprint density at radius 2 is 1.75 bits per heavy atom. The molecule has 1 aliphatic heterocycles. The number of ether oxygens (including phenoxy) is 1. The Bertz CT molecular complexity index is 791. The van der Waals surface area contributed by atoms with Crippen molar-refractivity contribution in [1.29, 1.82) is 0 Å². The first-order valence-electron chi connectivity index (χ1n) is 6.13. The van der Waals surface area contributed by atoms with Gasteiger partial charge in [0.2, 0.25) is 0 Å². The van der Waals surface area contributed by atoms with Gasteiger partial charge in [-0.3, -0.25) is 0 Å². The third-order valence-electron chi connectivity index (χ3n) is 3.03. The van der Waals surface area contributed by atoms with Crippen LogP contribution in [0.1, 0.15) is 37.4 Å². The van der Waals surface area contributed by atoms with Gasteiger partial charge in [-0.25, -0.2) is 9.59 Å². The Balaban J connectivity index is 2.06. The molecular formula is C17H10O3. The van der Waals surface area contributed by atoms with Crippen molar-refractivity contribution in [2.75, 3.05) is 0 Å². The maximum absolute atomic E-state index is 11.7. The molecule has 3 heteroatoms. The van der Waals surface area contributed by atoms with Crippen LogP contribution in [0.3, 0.4) is 0 Å². The number of carbonyl (C=O) groups is 2. The Kier molecular flexibility index (Phi) is 2.85. The van der Waals surface area contributed by atoms with Crippen LogP contribution in [-0.2, 0) is 4.74 Å². The largest absolute Gasteiger partial charge is 0.386 e. The molecule has 96 valence electrons. The first kappa shape index (κ1) is 12.2. The van der Waals surface area contributed by atoms with Crippen LogP contribution >= 0.6 is 0 Å². The summed E-state index contributed by atoms with van der Waals surface area (Å²) in [7, 11) is 0. The quantitative estimate of drug-likeness (QED) is 0.416. The Morgan fingerprint density at radius 3 is 2.55 bits per heavy atom. The van der Waals surface area contributed by atoms with Crippen molar-refractivity contribution < 1.29 is 14.3 Å². The van der Waals surface area contributed by atoms with Crippen molar-refractivity contribution in [2.24, 2.45) is 0 Å². The molecule has 0 radical (unpaired) electrons. The summed E-state index contributed by atoms with van der Waals surface area (Å²) in [6.45, 7) is 1.99. The van der Waals surface area contributed by atoms with Gasteiger partial charge in [-0.05, 0) is 36.8 Å². The van der Waals surface area contributed by atoms with Gasteiger partial charge in [0.25, 0.3) is 0 Å². The molecule has 0 spiro atoms. The van der Waals surface area contributed by atoms with Crippen LogP contribution in [0.4, 0.5) is 0 Å². The number of rotatable bonds is 0. The summed E-state index contributed by atoms with van der Waals surface area (Å²) >= 11 is 0. The zero-order chi connectivity index (χ0) is 14.1. The summed E-state index contributed by atoms with van der Waals surface area (Å²) in [5.74, 6) is 4.70. The highest BCUT2D eigenvalue weighted by Gasteiger charge is 2.31. The molecule has 0 unspecified atom stereocenters. The summed E-state index contributed by atoms with van der Waals surface area (Å²) in [6, 6.07) is 12.7. The van der Waals surface area contributed by atoms with Crippen LogP contribution in [0, 0.1) is 18.8 Å². The van der Waals surface area contributed by atoms with Crippen molar-refractivity contribution in [3.8, 4) is 11.8 Å². The third kappa shape index (κ3) is 2.08. The summed E-state index contributed by atoms with van der Waals surface area (Å²) in [5.41, 5.74) is 3.04. The molecule has 1 heterocycles. The molecule has 0 aromatic heterocycles. The van der Waals surface area contributed by atoms with Gasteiger partial charge in [-0.1, -0.05) is 30.0 Å². The molecular weight excluding hydrogens is 252 g/mol. The monoisotopic (exact) mass is 262 g/mol. The highest BCUT2D eigenvalue weighted by atomic mass is 16.6. The van der Waals surface area contributed by atoms with Gasteiger partial charge in [0.05, 0.1) is 11.1 Å². The van der Waals surface area contributed by atoms with Crippen LogP contribution in [0.15, 0.2) is 42.5 Å². The van der Waals surface area contributed by atoms with Gasteiger partial charge in [0.1, 0.15) is 0 Å². The van der Waals surface area contributed by atoms with Crippen molar-refractivity contribution in [3.05, 3.63) is 70.3 Å². The Morgan fingerprint density at radius 1 is 0.950 bits per heavy atom. The fourth-order valence-electron chi connectivity index (χ4n) is 2.10. The van der Waals surface area contributed by atoms with Crippen LogP contribution in [0.2, 0.25) is 0 Å². The molecule has 0 bridgehead atoms. The third-order valence-corrected chi connectivity index (χ3v) is 3.03. The molecule has 0 atom stereocenters. The Labute approximate surface area is 116 Å². The van der Waals surface area contributed by atoms with Crippen molar-refractivity contribution >= 4 is 11.9 Å². The number of benzene rings is 2. The fraction of sp³-hybridized carbons (Fsp3) is 0.0588. The number of aryl methyl sites for hydroxylation is 1. The van der Waals surface area contributed by atoms with Gasteiger partial charge in [0, 0.05) is 11.1 Å². The molecule has 0 amide bonds. The fourth-order valence-corrected chi connectivity index (χ4v) is 2.10. The summed E-state index contributed by atoms with van der Waals surface area (Å²) in [5, 5.41) is 0. The number of fused-ring (bicyclic) bond motifs is 1. The van der Waals surface area contributed by atoms with Crippen LogP contribution in [0.25, 0.3) is 0 Å². The average Bonchev–Trinajstić information content (AvgIpc) is 2.73. The highest BCUT2D eigenvalue weighted by molar-refractivity contribution is 6.15. The van der Waals surface area contributed by atoms with E-state index in [9.17, 15) is 9.59 Å². The maximum atomic E-state index is 11.7. The second kappa shape index (κ2) is 4.67. The van der Waals surface area contributed by atoms with Gasteiger partial charge in [-0.2, -0.15) is 0 Å². The lowest BCUT2D eigenvalue weighted by atomic mass is 10.0. The molecule has 2 aromatic rings. The van der Waals surface area contributed by atoms with E-state index in [0.29, 0.717) is 5.56 Å². The van der Waals surface area contributed by atoms with E-state index in [1.807, 2.05) is 31.2 Å². The number of hydrogen-bond donors (Lipinski definition) is 0. The summed E-state index contributed by atoms with van der Waals surface area (Å²) in [6.07, 6.45) is 0. The predicted octanol–water partition coefficient (Wildman–Crippen LogP) is 2.71. The van der Waals surface area contributed by atoms with E-state index in [2.05, 4.69) is 16.6 Å². The standard InChI is InChI=1S/C17H10O3/c1-11-4-2-5-12(10-11)8-9-13-6-3-7-14-15(13)17(19)20-16(14)18/h2-7,10H,1H3. The number of hydrogen-bond acceptors (Lipinski definition) is 3. The lowest BCUT2D eigenvalue weighted by molar-refractivity contribution is 0.0443. The van der Waals surface area contributed by atoms with E-state index in [0.717, 1.165) is 11.1 Å². The zero-order valence-corrected chi connectivity index (χ0v) is 10.8. The second-order valence-corrected chi connectivity index (χ2v) is 4.52. The van der Waals surface area contributed by atoms with Crippen LogP contribution in [-0.4, -0.2) is 11.9 Å². The molecule has 0 saturated heterocycles. The Hall–Kier alpha value is -2.86.